The first kappa shape index (κ1) is 26.2. The van der Waals surface area contributed by atoms with E-state index in [1.165, 1.54) is 0 Å². The van der Waals surface area contributed by atoms with Crippen LogP contribution < -0.4 is 10.6 Å². The number of hydrogen-bond donors (Lipinski definition) is 2. The van der Waals surface area contributed by atoms with Crippen molar-refractivity contribution in [1.82, 2.24) is 25.7 Å². The molecule has 176 valence electrons. The molecule has 2 aromatic rings. The molecule has 32 heavy (non-hydrogen) atoms. The number of aromatic nitrogens is 2. The van der Waals surface area contributed by atoms with Gasteiger partial charge in [-0.15, -0.1) is 24.0 Å². The van der Waals surface area contributed by atoms with Crippen LogP contribution in [0, 0.1) is 0 Å². The van der Waals surface area contributed by atoms with Gasteiger partial charge in [-0.2, -0.15) is 4.98 Å². The maximum Gasteiger partial charge on any atom is 0.407 e. The van der Waals surface area contributed by atoms with Crippen molar-refractivity contribution in [3.05, 3.63) is 35.2 Å². The van der Waals surface area contributed by atoms with E-state index >= 15 is 0 Å². The summed E-state index contributed by atoms with van der Waals surface area (Å²) in [6.07, 6.45) is 0.409. The first-order valence-electron chi connectivity index (χ1n) is 10.3. The molecule has 9 nitrogen and oxygen atoms in total. The molecule has 1 aromatic carbocycles. The van der Waals surface area contributed by atoms with Gasteiger partial charge in [0.25, 0.3) is 0 Å². The number of carbonyl (C=O) groups excluding carboxylic acids is 1. The number of rotatable bonds is 5. The van der Waals surface area contributed by atoms with E-state index < -0.39 is 11.7 Å². The second-order valence-corrected chi connectivity index (χ2v) is 8.70. The third-order valence-corrected chi connectivity index (χ3v) is 4.73. The maximum atomic E-state index is 12.0. The van der Waals surface area contributed by atoms with Gasteiger partial charge in [0.1, 0.15) is 12.1 Å². The number of likely N-dealkylation sites (tertiary alicyclic amines) is 1. The van der Waals surface area contributed by atoms with E-state index in [-0.39, 0.29) is 36.6 Å². The van der Waals surface area contributed by atoms with Gasteiger partial charge in [-0.3, -0.25) is 0 Å². The summed E-state index contributed by atoms with van der Waals surface area (Å²) in [5.41, 5.74) is 0.305. The predicted molar refractivity (Wildman–Crippen MR) is 134 cm³/mol. The summed E-state index contributed by atoms with van der Waals surface area (Å²) in [5, 5.41) is 10.9. The van der Waals surface area contributed by atoms with Crippen molar-refractivity contribution < 1.29 is 14.1 Å². The number of halogens is 2. The SMILES string of the molecule is CCNC(=NCc1nc(-c2ccc(Cl)cc2)no1)N1CCC(NC(=O)OC(C)(C)C)C1.I. The zero-order chi connectivity index (χ0) is 22.4. The van der Waals surface area contributed by atoms with Gasteiger partial charge in [-0.25, -0.2) is 9.79 Å². The summed E-state index contributed by atoms with van der Waals surface area (Å²) in [7, 11) is 0. The van der Waals surface area contributed by atoms with E-state index in [4.69, 9.17) is 20.9 Å². The van der Waals surface area contributed by atoms with Crippen molar-refractivity contribution >= 4 is 47.6 Å². The number of ether oxygens (including phenoxy) is 1. The normalized spacial score (nSPS) is 16.5. The lowest BCUT2D eigenvalue weighted by Crippen LogP contribution is -2.44. The molecule has 2 heterocycles. The number of aliphatic imine (C=N–C) groups is 1. The summed E-state index contributed by atoms with van der Waals surface area (Å²) in [6, 6.07) is 7.24. The molecular formula is C21H30ClIN6O3. The van der Waals surface area contributed by atoms with Gasteiger partial charge in [0.2, 0.25) is 11.7 Å². The van der Waals surface area contributed by atoms with Crippen molar-refractivity contribution in [1.29, 1.82) is 0 Å². The van der Waals surface area contributed by atoms with Gasteiger partial charge < -0.3 is 24.8 Å². The van der Waals surface area contributed by atoms with Crippen LogP contribution in [0.25, 0.3) is 11.4 Å². The van der Waals surface area contributed by atoms with Crippen LogP contribution in [0.2, 0.25) is 5.02 Å². The Labute approximate surface area is 210 Å². The van der Waals surface area contributed by atoms with Crippen molar-refractivity contribution in [2.45, 2.75) is 52.3 Å². The summed E-state index contributed by atoms with van der Waals surface area (Å²) in [6.45, 7) is 9.94. The summed E-state index contributed by atoms with van der Waals surface area (Å²) >= 11 is 5.92. The minimum atomic E-state index is -0.520. The number of nitrogens with zero attached hydrogens (tertiary/aromatic N) is 4. The standard InChI is InChI=1S/C21H29ClN6O3.HI/c1-5-23-19(28-11-10-16(13-28)25-20(29)30-21(2,3)4)24-12-17-26-18(27-31-17)14-6-8-15(22)9-7-14;/h6-9,16H,5,10-13H2,1-4H3,(H,23,24)(H,25,29);1H. The molecule has 1 saturated heterocycles. The van der Waals surface area contributed by atoms with E-state index in [1.54, 1.807) is 12.1 Å². The van der Waals surface area contributed by atoms with Crippen molar-refractivity contribution in [2.24, 2.45) is 4.99 Å². The molecule has 1 aromatic heterocycles. The fourth-order valence-corrected chi connectivity index (χ4v) is 3.27. The maximum absolute atomic E-state index is 12.0. The zero-order valence-electron chi connectivity index (χ0n) is 18.7. The lowest BCUT2D eigenvalue weighted by molar-refractivity contribution is 0.0507. The topological polar surface area (TPSA) is 105 Å². The van der Waals surface area contributed by atoms with E-state index in [0.29, 0.717) is 23.3 Å². The molecule has 1 aliphatic heterocycles. The molecule has 1 unspecified atom stereocenters. The summed E-state index contributed by atoms with van der Waals surface area (Å²) < 4.78 is 10.7. The Morgan fingerprint density at radius 3 is 2.72 bits per heavy atom. The average Bonchev–Trinajstić information content (AvgIpc) is 3.34. The lowest BCUT2D eigenvalue weighted by Gasteiger charge is -2.23. The van der Waals surface area contributed by atoms with Crippen LogP contribution in [0.15, 0.2) is 33.8 Å². The highest BCUT2D eigenvalue weighted by molar-refractivity contribution is 14.0. The number of nitrogens with one attached hydrogen (secondary N) is 2. The molecular weight excluding hydrogens is 547 g/mol. The zero-order valence-corrected chi connectivity index (χ0v) is 21.8. The quantitative estimate of drug-likeness (QED) is 0.314. The van der Waals surface area contributed by atoms with Gasteiger partial charge in [0.15, 0.2) is 5.96 Å². The molecule has 0 bridgehead atoms. The van der Waals surface area contributed by atoms with Crippen LogP contribution in [0.3, 0.4) is 0 Å². The Morgan fingerprint density at radius 2 is 2.06 bits per heavy atom. The second kappa shape index (κ2) is 11.7. The van der Waals surface area contributed by atoms with Gasteiger partial charge in [-0.1, -0.05) is 16.8 Å². The minimum absolute atomic E-state index is 0. The van der Waals surface area contributed by atoms with Crippen LogP contribution in [-0.4, -0.2) is 58.4 Å². The highest BCUT2D eigenvalue weighted by Gasteiger charge is 2.28. The second-order valence-electron chi connectivity index (χ2n) is 8.27. The van der Waals surface area contributed by atoms with E-state index in [2.05, 4.69) is 30.7 Å². The highest BCUT2D eigenvalue weighted by atomic mass is 127. The fourth-order valence-electron chi connectivity index (χ4n) is 3.15. The number of guanidine groups is 1. The van der Waals surface area contributed by atoms with Crippen LogP contribution in [0.5, 0.6) is 0 Å². The lowest BCUT2D eigenvalue weighted by atomic mass is 10.2. The smallest absolute Gasteiger partial charge is 0.407 e. The molecule has 0 radical (unpaired) electrons. The number of alkyl carbamates (subject to hydrolysis) is 1. The summed E-state index contributed by atoms with van der Waals surface area (Å²) in [5.74, 6) is 1.65. The third kappa shape index (κ3) is 7.80. The number of hydrogen-bond acceptors (Lipinski definition) is 6. The predicted octanol–water partition coefficient (Wildman–Crippen LogP) is 4.07. The molecule has 0 spiro atoms. The van der Waals surface area contributed by atoms with Crippen molar-refractivity contribution in [3.63, 3.8) is 0 Å². The van der Waals surface area contributed by atoms with Crippen molar-refractivity contribution in [2.75, 3.05) is 19.6 Å². The summed E-state index contributed by atoms with van der Waals surface area (Å²) in [4.78, 5) is 23.2. The number of benzene rings is 1. The first-order chi connectivity index (χ1) is 14.7. The fraction of sp³-hybridized carbons (Fsp3) is 0.524. The largest absolute Gasteiger partial charge is 0.444 e. The van der Waals surface area contributed by atoms with Gasteiger partial charge in [-0.05, 0) is 58.4 Å². The average molecular weight is 577 g/mol. The van der Waals surface area contributed by atoms with Crippen LogP contribution in [-0.2, 0) is 11.3 Å². The van der Waals surface area contributed by atoms with Gasteiger partial charge >= 0.3 is 6.09 Å². The third-order valence-electron chi connectivity index (χ3n) is 4.48. The van der Waals surface area contributed by atoms with E-state index in [9.17, 15) is 4.79 Å². The van der Waals surface area contributed by atoms with Crippen LogP contribution in [0.1, 0.15) is 40.0 Å². The molecule has 1 fully saturated rings. The van der Waals surface area contributed by atoms with E-state index in [1.807, 2.05) is 39.8 Å². The molecule has 0 saturated carbocycles. The highest BCUT2D eigenvalue weighted by Crippen LogP contribution is 2.19. The molecule has 0 aliphatic carbocycles. The Morgan fingerprint density at radius 1 is 1.34 bits per heavy atom. The first-order valence-corrected chi connectivity index (χ1v) is 10.7. The van der Waals surface area contributed by atoms with Crippen LogP contribution >= 0.6 is 35.6 Å². The number of carbonyl (C=O) groups is 1. The van der Waals surface area contributed by atoms with E-state index in [0.717, 1.165) is 31.0 Å². The monoisotopic (exact) mass is 576 g/mol. The Balaban J connectivity index is 0.00000363. The Kier molecular flexibility index (Phi) is 9.56. The molecule has 1 amide bonds. The minimum Gasteiger partial charge on any atom is -0.444 e. The van der Waals surface area contributed by atoms with Gasteiger partial charge in [0, 0.05) is 30.2 Å². The molecule has 3 rings (SSSR count). The molecule has 1 aliphatic rings. The van der Waals surface area contributed by atoms with Gasteiger partial charge in [0.05, 0.1) is 6.04 Å². The Bertz CT molecular complexity index is 913. The Hall–Kier alpha value is -2.08. The number of amides is 1. The molecule has 1 atom stereocenters. The van der Waals surface area contributed by atoms with Crippen LogP contribution in [0.4, 0.5) is 4.79 Å². The molecule has 11 heteroatoms. The van der Waals surface area contributed by atoms with Crippen molar-refractivity contribution in [3.8, 4) is 11.4 Å². The molecule has 2 N–H and O–H groups in total.